The van der Waals surface area contributed by atoms with Crippen molar-refractivity contribution in [2.75, 3.05) is 36.4 Å². The molecule has 0 atom stereocenters. The first-order chi connectivity index (χ1) is 16.3. The Morgan fingerprint density at radius 2 is 1.71 bits per heavy atom. The number of aryl methyl sites for hydroxylation is 2. The quantitative estimate of drug-likeness (QED) is 0.564. The Balaban J connectivity index is 1.33. The van der Waals surface area contributed by atoms with E-state index < -0.39 is 10.0 Å². The molecule has 0 aliphatic carbocycles. The molecule has 3 aromatic rings. The van der Waals surface area contributed by atoms with Gasteiger partial charge in [-0.1, -0.05) is 12.1 Å². The number of nitrogens with zero attached hydrogens (tertiary/aromatic N) is 3. The number of urea groups is 1. The Bertz CT molecular complexity index is 1240. The summed E-state index contributed by atoms with van der Waals surface area (Å²) in [7, 11) is -3.60. The highest BCUT2D eigenvalue weighted by Crippen LogP contribution is 2.24. The predicted octanol–water partition coefficient (Wildman–Crippen LogP) is 3.53. The molecule has 1 aliphatic rings. The number of hydrogen-bond acceptors (Lipinski definition) is 5. The lowest BCUT2D eigenvalue weighted by molar-refractivity contribution is 0.251. The summed E-state index contributed by atoms with van der Waals surface area (Å²) in [5, 5.41) is 5.46. The van der Waals surface area contributed by atoms with E-state index in [4.69, 9.17) is 0 Å². The normalized spacial score (nSPS) is 14.6. The van der Waals surface area contributed by atoms with Crippen LogP contribution in [0.25, 0.3) is 0 Å². The summed E-state index contributed by atoms with van der Waals surface area (Å²) in [4.78, 5) is 18.6. The van der Waals surface area contributed by atoms with Gasteiger partial charge in [0.15, 0.2) is 0 Å². The number of anilines is 2. The smallest absolute Gasteiger partial charge is 0.319 e. The average Bonchev–Trinajstić information content (AvgIpc) is 2.85. The Labute approximate surface area is 200 Å². The standard InChI is InChI=1S/C25H29N5O3S/c1-19-5-8-23(16-20(19)2)29-12-14-30(15-13-29)34(32,33)24-9-6-22(7-10-24)28-25(31)27-18-21-4-3-11-26-17-21/h3-11,16-17H,12-15,18H2,1-2H3,(H2,27,28,31). The Hall–Kier alpha value is -3.43. The van der Waals surface area contributed by atoms with Crippen LogP contribution in [0, 0.1) is 13.8 Å². The van der Waals surface area contributed by atoms with Crippen molar-refractivity contribution in [2.24, 2.45) is 0 Å². The third-order valence-electron chi connectivity index (χ3n) is 6.02. The van der Waals surface area contributed by atoms with Crippen LogP contribution in [-0.4, -0.2) is 49.9 Å². The van der Waals surface area contributed by atoms with Crippen LogP contribution in [0.2, 0.25) is 0 Å². The molecule has 8 nitrogen and oxygen atoms in total. The molecule has 0 spiro atoms. The van der Waals surface area contributed by atoms with Crippen molar-refractivity contribution in [3.05, 3.63) is 83.7 Å². The fraction of sp³-hybridized carbons (Fsp3) is 0.280. The van der Waals surface area contributed by atoms with Gasteiger partial charge in [0.25, 0.3) is 0 Å². The first-order valence-electron chi connectivity index (χ1n) is 11.2. The number of carbonyl (C=O) groups is 1. The summed E-state index contributed by atoms with van der Waals surface area (Å²) < 4.78 is 27.8. The fourth-order valence-corrected chi connectivity index (χ4v) is 5.25. The third kappa shape index (κ3) is 5.55. The molecule has 178 valence electrons. The van der Waals surface area contributed by atoms with Gasteiger partial charge in [-0.25, -0.2) is 13.2 Å². The molecule has 1 aliphatic heterocycles. The number of carbonyl (C=O) groups excluding carboxylic acids is 1. The van der Waals surface area contributed by atoms with Crippen LogP contribution in [0.3, 0.4) is 0 Å². The summed E-state index contributed by atoms with van der Waals surface area (Å²) in [6.45, 7) is 6.64. The molecule has 1 fully saturated rings. The second-order valence-electron chi connectivity index (χ2n) is 8.35. The number of piperazine rings is 1. The molecule has 0 saturated carbocycles. The molecule has 2 amide bonds. The number of amides is 2. The topological polar surface area (TPSA) is 94.6 Å². The van der Waals surface area contributed by atoms with Crippen molar-refractivity contribution >= 4 is 27.4 Å². The third-order valence-corrected chi connectivity index (χ3v) is 7.93. The molecule has 2 N–H and O–H groups in total. The summed E-state index contributed by atoms with van der Waals surface area (Å²) in [5.74, 6) is 0. The minimum absolute atomic E-state index is 0.216. The number of sulfonamides is 1. The lowest BCUT2D eigenvalue weighted by atomic mass is 10.1. The van der Waals surface area contributed by atoms with Gasteiger partial charge in [-0.3, -0.25) is 4.98 Å². The number of pyridine rings is 1. The van der Waals surface area contributed by atoms with Crippen LogP contribution in [0.4, 0.5) is 16.2 Å². The van der Waals surface area contributed by atoms with E-state index in [1.165, 1.54) is 27.6 Å². The van der Waals surface area contributed by atoms with Crippen molar-refractivity contribution in [3.63, 3.8) is 0 Å². The van der Waals surface area contributed by atoms with Gasteiger partial charge in [-0.05, 0) is 73.0 Å². The molecule has 1 saturated heterocycles. The van der Waals surface area contributed by atoms with Crippen molar-refractivity contribution in [1.29, 1.82) is 0 Å². The van der Waals surface area contributed by atoms with E-state index in [1.807, 2.05) is 6.07 Å². The van der Waals surface area contributed by atoms with Crippen LogP contribution >= 0.6 is 0 Å². The molecular formula is C25H29N5O3S. The summed E-state index contributed by atoms with van der Waals surface area (Å²) >= 11 is 0. The van der Waals surface area contributed by atoms with Crippen molar-refractivity contribution < 1.29 is 13.2 Å². The van der Waals surface area contributed by atoms with E-state index in [0.29, 0.717) is 38.4 Å². The Morgan fingerprint density at radius 3 is 2.35 bits per heavy atom. The van der Waals surface area contributed by atoms with Gasteiger partial charge in [0.05, 0.1) is 4.90 Å². The molecule has 1 aromatic heterocycles. The highest BCUT2D eigenvalue weighted by atomic mass is 32.2. The van der Waals surface area contributed by atoms with Gasteiger partial charge < -0.3 is 15.5 Å². The van der Waals surface area contributed by atoms with Gasteiger partial charge in [0.1, 0.15) is 0 Å². The van der Waals surface area contributed by atoms with E-state index in [-0.39, 0.29) is 10.9 Å². The zero-order valence-electron chi connectivity index (χ0n) is 19.4. The minimum atomic E-state index is -3.60. The first-order valence-corrected chi connectivity index (χ1v) is 12.6. The maximum absolute atomic E-state index is 13.1. The van der Waals surface area contributed by atoms with E-state index in [1.54, 1.807) is 30.6 Å². The second-order valence-corrected chi connectivity index (χ2v) is 10.3. The van der Waals surface area contributed by atoms with Gasteiger partial charge >= 0.3 is 6.03 Å². The zero-order valence-corrected chi connectivity index (χ0v) is 20.2. The molecular weight excluding hydrogens is 450 g/mol. The fourth-order valence-electron chi connectivity index (χ4n) is 3.83. The van der Waals surface area contributed by atoms with E-state index in [2.05, 4.69) is 52.6 Å². The van der Waals surface area contributed by atoms with Gasteiger partial charge in [-0.2, -0.15) is 4.31 Å². The zero-order chi connectivity index (χ0) is 24.1. The van der Waals surface area contributed by atoms with Crippen LogP contribution < -0.4 is 15.5 Å². The van der Waals surface area contributed by atoms with Crippen molar-refractivity contribution in [3.8, 4) is 0 Å². The second kappa shape index (κ2) is 10.2. The predicted molar refractivity (Wildman–Crippen MR) is 133 cm³/mol. The molecule has 2 heterocycles. The summed E-state index contributed by atoms with van der Waals surface area (Å²) in [5.41, 5.74) is 5.00. The maximum atomic E-state index is 13.1. The SMILES string of the molecule is Cc1ccc(N2CCN(S(=O)(=O)c3ccc(NC(=O)NCc4cccnc4)cc3)CC2)cc1C. The van der Waals surface area contributed by atoms with Gasteiger partial charge in [-0.15, -0.1) is 0 Å². The van der Waals surface area contributed by atoms with Gasteiger partial charge in [0.2, 0.25) is 10.0 Å². The summed E-state index contributed by atoms with van der Waals surface area (Å²) in [6, 6.07) is 15.9. The lowest BCUT2D eigenvalue weighted by Gasteiger charge is -2.35. The van der Waals surface area contributed by atoms with Crippen LogP contribution in [0.15, 0.2) is 71.9 Å². The number of hydrogen-bond donors (Lipinski definition) is 2. The molecule has 4 rings (SSSR count). The van der Waals surface area contributed by atoms with E-state index in [0.717, 1.165) is 11.3 Å². The van der Waals surface area contributed by atoms with Crippen molar-refractivity contribution in [2.45, 2.75) is 25.3 Å². The van der Waals surface area contributed by atoms with Crippen LogP contribution in [0.5, 0.6) is 0 Å². The van der Waals surface area contributed by atoms with E-state index >= 15 is 0 Å². The molecule has 0 unspecified atom stereocenters. The molecule has 9 heteroatoms. The highest BCUT2D eigenvalue weighted by Gasteiger charge is 2.28. The summed E-state index contributed by atoms with van der Waals surface area (Å²) in [6.07, 6.45) is 3.35. The monoisotopic (exact) mass is 479 g/mol. The number of benzene rings is 2. The molecule has 0 radical (unpaired) electrons. The highest BCUT2D eigenvalue weighted by molar-refractivity contribution is 7.89. The maximum Gasteiger partial charge on any atom is 0.319 e. The number of nitrogens with one attached hydrogen (secondary N) is 2. The van der Waals surface area contributed by atoms with E-state index in [9.17, 15) is 13.2 Å². The van der Waals surface area contributed by atoms with Crippen molar-refractivity contribution in [1.82, 2.24) is 14.6 Å². The largest absolute Gasteiger partial charge is 0.369 e. The molecule has 0 bridgehead atoms. The lowest BCUT2D eigenvalue weighted by Crippen LogP contribution is -2.48. The number of aromatic nitrogens is 1. The Kier molecular flexibility index (Phi) is 7.14. The Morgan fingerprint density at radius 1 is 0.971 bits per heavy atom. The molecule has 2 aromatic carbocycles. The molecule has 34 heavy (non-hydrogen) atoms. The van der Waals surface area contributed by atoms with Crippen LogP contribution in [0.1, 0.15) is 16.7 Å². The average molecular weight is 480 g/mol. The first kappa shape index (κ1) is 23.7. The van der Waals surface area contributed by atoms with Gasteiger partial charge in [0, 0.05) is 56.5 Å². The minimum Gasteiger partial charge on any atom is -0.369 e. The van der Waals surface area contributed by atoms with Crippen LogP contribution in [-0.2, 0) is 16.6 Å². The number of rotatable bonds is 6.